The van der Waals surface area contributed by atoms with Crippen LogP contribution >= 0.6 is 0 Å². The Kier molecular flexibility index (Phi) is 5.61. The van der Waals surface area contributed by atoms with Gasteiger partial charge in [-0.2, -0.15) is 0 Å². The summed E-state index contributed by atoms with van der Waals surface area (Å²) in [6.07, 6.45) is 1.72. The van der Waals surface area contributed by atoms with E-state index in [0.717, 1.165) is 0 Å². The Morgan fingerprint density at radius 1 is 1.25 bits per heavy atom. The molecule has 1 aromatic rings. The first-order valence-corrected chi connectivity index (χ1v) is 6.83. The van der Waals surface area contributed by atoms with Crippen LogP contribution in [0.1, 0.15) is 44.2 Å². The van der Waals surface area contributed by atoms with Gasteiger partial charge in [0.25, 0.3) is 5.91 Å². The zero-order valence-electron chi connectivity index (χ0n) is 12.6. The fraction of sp³-hybridized carbons (Fsp3) is 0.571. The highest BCUT2D eigenvalue weighted by Gasteiger charge is 2.15. The van der Waals surface area contributed by atoms with Crippen LogP contribution in [0.3, 0.4) is 0 Å². The molecule has 0 aliphatic heterocycles. The van der Waals surface area contributed by atoms with Crippen LogP contribution in [-0.2, 0) is 4.79 Å². The monoisotopic (exact) mass is 280 g/mol. The number of aromatic nitrogens is 1. The molecule has 6 heteroatoms. The number of rotatable bonds is 6. The molecular weight excluding hydrogens is 256 g/mol. The summed E-state index contributed by atoms with van der Waals surface area (Å²) < 4.78 is 1.79. The molecule has 1 rings (SSSR count). The number of hydrogen-bond donors (Lipinski definition) is 3. The summed E-state index contributed by atoms with van der Waals surface area (Å²) in [6, 6.07) is 1.74. The van der Waals surface area contributed by atoms with Crippen molar-refractivity contribution in [1.29, 1.82) is 0 Å². The number of carbonyl (C=O) groups excluding carboxylic acids is 2. The Morgan fingerprint density at radius 2 is 1.90 bits per heavy atom. The molecule has 0 bridgehead atoms. The van der Waals surface area contributed by atoms with E-state index in [-0.39, 0.29) is 24.4 Å². The second kappa shape index (κ2) is 6.98. The minimum Gasteiger partial charge on any atom is -0.397 e. The molecule has 20 heavy (non-hydrogen) atoms. The Balaban J connectivity index is 2.57. The summed E-state index contributed by atoms with van der Waals surface area (Å²) in [5.74, 6) is -0.106. The third-order valence-corrected chi connectivity index (χ3v) is 2.78. The first kappa shape index (κ1) is 16.1. The van der Waals surface area contributed by atoms with Gasteiger partial charge in [-0.05, 0) is 25.8 Å². The van der Waals surface area contributed by atoms with Crippen LogP contribution in [0.4, 0.5) is 5.69 Å². The van der Waals surface area contributed by atoms with Crippen molar-refractivity contribution in [3.05, 3.63) is 18.0 Å². The van der Waals surface area contributed by atoms with Gasteiger partial charge in [0.2, 0.25) is 5.91 Å². The van der Waals surface area contributed by atoms with Crippen LogP contribution in [-0.4, -0.2) is 29.5 Å². The van der Waals surface area contributed by atoms with Crippen molar-refractivity contribution in [3.8, 4) is 0 Å². The lowest BCUT2D eigenvalue weighted by molar-refractivity contribution is -0.120. The van der Waals surface area contributed by atoms with Gasteiger partial charge in [-0.25, -0.2) is 0 Å². The number of hydrogen-bond acceptors (Lipinski definition) is 3. The van der Waals surface area contributed by atoms with Crippen molar-refractivity contribution in [2.45, 2.75) is 33.7 Å². The summed E-state index contributed by atoms with van der Waals surface area (Å²) in [5.41, 5.74) is 6.71. The van der Waals surface area contributed by atoms with Crippen molar-refractivity contribution in [2.24, 2.45) is 5.92 Å². The number of nitrogens with one attached hydrogen (secondary N) is 2. The van der Waals surface area contributed by atoms with E-state index >= 15 is 0 Å². The molecule has 0 atom stereocenters. The molecule has 0 saturated heterocycles. The molecule has 0 aliphatic rings. The fourth-order valence-electron chi connectivity index (χ4n) is 1.74. The van der Waals surface area contributed by atoms with E-state index in [0.29, 0.717) is 23.8 Å². The van der Waals surface area contributed by atoms with E-state index in [1.54, 1.807) is 16.8 Å². The van der Waals surface area contributed by atoms with E-state index < -0.39 is 0 Å². The Hall–Kier alpha value is -1.98. The predicted molar refractivity (Wildman–Crippen MR) is 79.4 cm³/mol. The summed E-state index contributed by atoms with van der Waals surface area (Å²) in [5, 5.41) is 5.35. The molecule has 0 aromatic carbocycles. The number of nitrogen functional groups attached to an aromatic ring is 1. The Labute approximate surface area is 119 Å². The normalized spacial score (nSPS) is 10.9. The van der Waals surface area contributed by atoms with Crippen molar-refractivity contribution in [3.63, 3.8) is 0 Å². The van der Waals surface area contributed by atoms with E-state index in [9.17, 15) is 9.59 Å². The maximum atomic E-state index is 12.1. The van der Waals surface area contributed by atoms with Crippen LogP contribution in [0.2, 0.25) is 0 Å². The second-order valence-corrected chi connectivity index (χ2v) is 5.54. The van der Waals surface area contributed by atoms with Crippen molar-refractivity contribution in [1.82, 2.24) is 15.2 Å². The van der Waals surface area contributed by atoms with Gasteiger partial charge in [0.05, 0.1) is 12.2 Å². The highest BCUT2D eigenvalue weighted by atomic mass is 16.2. The topological polar surface area (TPSA) is 89.2 Å². The summed E-state index contributed by atoms with van der Waals surface area (Å²) in [4.78, 5) is 23.6. The minimum atomic E-state index is -0.296. The Bertz CT molecular complexity index is 478. The van der Waals surface area contributed by atoms with Crippen molar-refractivity contribution < 1.29 is 9.59 Å². The number of nitrogens with zero attached hydrogens (tertiary/aromatic N) is 1. The first-order valence-electron chi connectivity index (χ1n) is 6.83. The van der Waals surface area contributed by atoms with E-state index in [2.05, 4.69) is 10.6 Å². The van der Waals surface area contributed by atoms with Gasteiger partial charge in [0.1, 0.15) is 5.69 Å². The summed E-state index contributed by atoms with van der Waals surface area (Å²) >= 11 is 0. The third-order valence-electron chi connectivity index (χ3n) is 2.78. The van der Waals surface area contributed by atoms with Crippen LogP contribution in [0.15, 0.2) is 12.3 Å². The maximum Gasteiger partial charge on any atom is 0.268 e. The molecule has 0 fully saturated rings. The molecule has 1 heterocycles. The lowest BCUT2D eigenvalue weighted by atomic mass is 10.2. The third kappa shape index (κ3) is 4.60. The molecule has 112 valence electrons. The Morgan fingerprint density at radius 3 is 2.45 bits per heavy atom. The zero-order chi connectivity index (χ0) is 15.3. The SMILES string of the molecule is CC(C)CNC(=O)CNC(=O)c1cc(N)cn1C(C)C. The smallest absolute Gasteiger partial charge is 0.268 e. The molecule has 0 saturated carbocycles. The van der Waals surface area contributed by atoms with Gasteiger partial charge in [0.15, 0.2) is 0 Å². The number of anilines is 1. The maximum absolute atomic E-state index is 12.1. The van der Waals surface area contributed by atoms with E-state index in [1.807, 2.05) is 27.7 Å². The van der Waals surface area contributed by atoms with Gasteiger partial charge >= 0.3 is 0 Å². The zero-order valence-corrected chi connectivity index (χ0v) is 12.6. The van der Waals surface area contributed by atoms with Gasteiger partial charge < -0.3 is 20.9 Å². The largest absolute Gasteiger partial charge is 0.397 e. The highest BCUT2D eigenvalue weighted by Crippen LogP contribution is 2.16. The molecule has 0 radical (unpaired) electrons. The number of amides is 2. The fourth-order valence-corrected chi connectivity index (χ4v) is 1.74. The van der Waals surface area contributed by atoms with Gasteiger partial charge in [-0.15, -0.1) is 0 Å². The molecular formula is C14H24N4O2. The summed E-state index contributed by atoms with van der Waals surface area (Å²) in [7, 11) is 0. The average Bonchev–Trinajstić information content (AvgIpc) is 2.75. The standard InChI is InChI=1S/C14H24N4O2/c1-9(2)6-16-13(19)7-17-14(20)12-5-11(15)8-18(12)10(3)4/h5,8-10H,6-7,15H2,1-4H3,(H,16,19)(H,17,20). The van der Waals surface area contributed by atoms with Gasteiger partial charge in [-0.3, -0.25) is 9.59 Å². The van der Waals surface area contributed by atoms with Crippen molar-refractivity contribution in [2.75, 3.05) is 18.8 Å². The molecule has 2 amide bonds. The van der Waals surface area contributed by atoms with Crippen LogP contribution < -0.4 is 16.4 Å². The average molecular weight is 280 g/mol. The lowest BCUT2D eigenvalue weighted by Crippen LogP contribution is -2.38. The predicted octanol–water partition coefficient (Wildman–Crippen LogP) is 1.15. The number of carbonyl (C=O) groups is 2. The quantitative estimate of drug-likeness (QED) is 0.730. The minimum absolute atomic E-state index is 0.0330. The summed E-state index contributed by atoms with van der Waals surface area (Å²) in [6.45, 7) is 8.52. The second-order valence-electron chi connectivity index (χ2n) is 5.54. The van der Waals surface area contributed by atoms with E-state index in [1.165, 1.54) is 0 Å². The van der Waals surface area contributed by atoms with Crippen LogP contribution in [0.25, 0.3) is 0 Å². The molecule has 4 N–H and O–H groups in total. The molecule has 6 nitrogen and oxygen atoms in total. The molecule has 0 aliphatic carbocycles. The first-order chi connectivity index (χ1) is 9.31. The molecule has 0 unspecified atom stereocenters. The number of nitrogens with two attached hydrogens (primary N) is 1. The van der Waals surface area contributed by atoms with Crippen LogP contribution in [0, 0.1) is 5.92 Å². The van der Waals surface area contributed by atoms with Gasteiger partial charge in [-0.1, -0.05) is 13.8 Å². The van der Waals surface area contributed by atoms with Crippen LogP contribution in [0.5, 0.6) is 0 Å². The van der Waals surface area contributed by atoms with E-state index in [4.69, 9.17) is 5.73 Å². The van der Waals surface area contributed by atoms with Gasteiger partial charge in [0, 0.05) is 18.8 Å². The highest BCUT2D eigenvalue weighted by molar-refractivity contribution is 5.96. The lowest BCUT2D eigenvalue weighted by Gasteiger charge is -2.13. The molecule has 1 aromatic heterocycles. The van der Waals surface area contributed by atoms with Crippen molar-refractivity contribution >= 4 is 17.5 Å². The molecule has 0 spiro atoms.